The Morgan fingerprint density at radius 1 is 1.30 bits per heavy atom. The van der Waals surface area contributed by atoms with Crippen LogP contribution < -0.4 is 5.32 Å². The van der Waals surface area contributed by atoms with E-state index in [2.05, 4.69) is 58.9 Å². The molecule has 114 valence electrons. The van der Waals surface area contributed by atoms with Crippen molar-refractivity contribution in [3.05, 3.63) is 16.5 Å². The highest BCUT2D eigenvalue weighted by atomic mass is 79.9. The third-order valence-electron chi connectivity index (χ3n) is 3.17. The fourth-order valence-electron chi connectivity index (χ4n) is 2.03. The molecular formula is C15H26BrN3O. The first-order chi connectivity index (χ1) is 9.36. The Kier molecular flexibility index (Phi) is 6.89. The van der Waals surface area contributed by atoms with Gasteiger partial charge in [0.15, 0.2) is 0 Å². The number of anilines is 1. The summed E-state index contributed by atoms with van der Waals surface area (Å²) in [5.74, 6) is 2.15. The molecule has 0 spiro atoms. The largest absolute Gasteiger partial charge is 0.396 e. The highest BCUT2D eigenvalue weighted by molar-refractivity contribution is 9.10. The number of nitrogens with one attached hydrogen (secondary N) is 1. The van der Waals surface area contributed by atoms with Gasteiger partial charge >= 0.3 is 0 Å². The van der Waals surface area contributed by atoms with Gasteiger partial charge in [-0.2, -0.15) is 0 Å². The highest BCUT2D eigenvalue weighted by Crippen LogP contribution is 2.23. The zero-order chi connectivity index (χ0) is 15.2. The third kappa shape index (κ3) is 5.75. The van der Waals surface area contributed by atoms with E-state index in [1.165, 1.54) is 0 Å². The van der Waals surface area contributed by atoms with Crippen LogP contribution in [-0.2, 0) is 5.41 Å². The van der Waals surface area contributed by atoms with Crippen molar-refractivity contribution < 1.29 is 5.11 Å². The quantitative estimate of drug-likeness (QED) is 0.740. The first kappa shape index (κ1) is 17.4. The molecule has 0 bridgehead atoms. The van der Waals surface area contributed by atoms with Gasteiger partial charge in [0.1, 0.15) is 16.2 Å². The molecule has 0 radical (unpaired) electrons. The Balaban J connectivity index is 2.74. The van der Waals surface area contributed by atoms with E-state index in [9.17, 15) is 0 Å². The lowest BCUT2D eigenvalue weighted by molar-refractivity contribution is 0.255. The van der Waals surface area contributed by atoms with Crippen molar-refractivity contribution in [3.63, 3.8) is 0 Å². The molecule has 4 nitrogen and oxygen atoms in total. The first-order valence-corrected chi connectivity index (χ1v) is 8.06. The average molecular weight is 344 g/mol. The minimum atomic E-state index is -0.0753. The Morgan fingerprint density at radius 2 is 2.00 bits per heavy atom. The first-order valence-electron chi connectivity index (χ1n) is 7.26. The van der Waals surface area contributed by atoms with Crippen molar-refractivity contribution in [2.45, 2.75) is 52.4 Å². The number of aliphatic hydroxyl groups is 1. The van der Waals surface area contributed by atoms with Crippen LogP contribution in [0.4, 0.5) is 5.82 Å². The van der Waals surface area contributed by atoms with Gasteiger partial charge in [0, 0.05) is 24.6 Å². The fourth-order valence-corrected chi connectivity index (χ4v) is 2.42. The Morgan fingerprint density at radius 3 is 2.55 bits per heavy atom. The van der Waals surface area contributed by atoms with Gasteiger partial charge in [0.2, 0.25) is 0 Å². The van der Waals surface area contributed by atoms with Crippen LogP contribution in [0.15, 0.2) is 10.7 Å². The molecule has 1 aromatic heterocycles. The number of aliphatic hydroxyl groups excluding tert-OH is 1. The molecule has 0 aromatic carbocycles. The molecule has 0 amide bonds. The summed E-state index contributed by atoms with van der Waals surface area (Å²) >= 11 is 3.44. The normalized spacial score (nSPS) is 13.3. The number of hydrogen-bond donors (Lipinski definition) is 2. The van der Waals surface area contributed by atoms with Crippen LogP contribution in [0.1, 0.15) is 52.8 Å². The van der Waals surface area contributed by atoms with Crippen LogP contribution in [0.25, 0.3) is 0 Å². The number of halogens is 1. The van der Waals surface area contributed by atoms with E-state index in [1.807, 2.05) is 6.07 Å². The van der Waals surface area contributed by atoms with Crippen molar-refractivity contribution in [3.8, 4) is 0 Å². The van der Waals surface area contributed by atoms with E-state index in [0.29, 0.717) is 5.92 Å². The summed E-state index contributed by atoms with van der Waals surface area (Å²) in [5.41, 5.74) is -0.0753. The van der Waals surface area contributed by atoms with Crippen LogP contribution in [0.2, 0.25) is 0 Å². The lowest BCUT2D eigenvalue weighted by atomic mass is 9.96. The van der Waals surface area contributed by atoms with Gasteiger partial charge in [-0.3, -0.25) is 0 Å². The predicted molar refractivity (Wildman–Crippen MR) is 87.0 cm³/mol. The zero-order valence-electron chi connectivity index (χ0n) is 12.9. The molecule has 0 saturated carbocycles. The molecule has 0 aliphatic heterocycles. The van der Waals surface area contributed by atoms with Gasteiger partial charge in [0.05, 0.1) is 0 Å². The molecular weight excluding hydrogens is 318 g/mol. The summed E-state index contributed by atoms with van der Waals surface area (Å²) in [6, 6.07) is 1.90. The van der Waals surface area contributed by atoms with Gasteiger partial charge < -0.3 is 10.4 Å². The van der Waals surface area contributed by atoms with Gasteiger partial charge in [-0.1, -0.05) is 34.1 Å². The smallest absolute Gasteiger partial charge is 0.137 e. The number of nitrogens with zero attached hydrogens (tertiary/aromatic N) is 2. The monoisotopic (exact) mass is 343 g/mol. The fraction of sp³-hybridized carbons (Fsp3) is 0.733. The Labute approximate surface area is 130 Å². The summed E-state index contributed by atoms with van der Waals surface area (Å²) in [4.78, 5) is 9.01. The van der Waals surface area contributed by atoms with E-state index in [-0.39, 0.29) is 12.0 Å². The van der Waals surface area contributed by atoms with Crippen LogP contribution in [0, 0.1) is 5.92 Å². The zero-order valence-corrected chi connectivity index (χ0v) is 14.5. The minimum Gasteiger partial charge on any atom is -0.396 e. The lowest BCUT2D eigenvalue weighted by Crippen LogP contribution is -2.20. The molecule has 0 aliphatic carbocycles. The molecule has 0 aliphatic rings. The molecule has 1 rings (SSSR count). The summed E-state index contributed by atoms with van der Waals surface area (Å²) in [7, 11) is 0. The van der Waals surface area contributed by atoms with Crippen LogP contribution in [-0.4, -0.2) is 28.2 Å². The Hall–Kier alpha value is -0.680. The summed E-state index contributed by atoms with van der Waals surface area (Å²) in [6.07, 6.45) is 3.08. The van der Waals surface area contributed by atoms with E-state index >= 15 is 0 Å². The third-order valence-corrected chi connectivity index (χ3v) is 3.58. The lowest BCUT2D eigenvalue weighted by Gasteiger charge is -2.19. The maximum absolute atomic E-state index is 9.09. The van der Waals surface area contributed by atoms with E-state index in [1.54, 1.807) is 0 Å². The molecule has 0 saturated heterocycles. The highest BCUT2D eigenvalue weighted by Gasteiger charge is 2.19. The summed E-state index contributed by atoms with van der Waals surface area (Å²) in [6.45, 7) is 9.55. The van der Waals surface area contributed by atoms with Crippen LogP contribution in [0.5, 0.6) is 0 Å². The minimum absolute atomic E-state index is 0.0753. The van der Waals surface area contributed by atoms with Gasteiger partial charge in [-0.05, 0) is 34.7 Å². The standard InChI is InChI=1S/C15H26BrN3O/c1-5-6-11(7-8-20)10-17-13-9-12(16)18-14(19-13)15(2,3)4/h9,11,20H,5-8,10H2,1-4H3,(H,17,18,19). The van der Waals surface area contributed by atoms with Crippen molar-refractivity contribution in [1.82, 2.24) is 9.97 Å². The predicted octanol–water partition coefficient (Wildman–Crippen LogP) is 3.75. The van der Waals surface area contributed by atoms with Gasteiger partial charge in [-0.15, -0.1) is 0 Å². The summed E-state index contributed by atoms with van der Waals surface area (Å²) in [5, 5.41) is 12.5. The van der Waals surface area contributed by atoms with Crippen molar-refractivity contribution in [2.24, 2.45) is 5.92 Å². The molecule has 1 atom stereocenters. The molecule has 1 unspecified atom stereocenters. The summed E-state index contributed by atoms with van der Waals surface area (Å²) < 4.78 is 0.800. The van der Waals surface area contributed by atoms with Crippen molar-refractivity contribution in [2.75, 3.05) is 18.5 Å². The van der Waals surface area contributed by atoms with E-state index < -0.39 is 0 Å². The van der Waals surface area contributed by atoms with Crippen molar-refractivity contribution >= 4 is 21.7 Å². The second-order valence-corrected chi connectivity index (χ2v) is 7.01. The molecule has 20 heavy (non-hydrogen) atoms. The van der Waals surface area contributed by atoms with E-state index in [0.717, 1.165) is 42.1 Å². The maximum atomic E-state index is 9.09. The molecule has 5 heteroatoms. The van der Waals surface area contributed by atoms with Crippen molar-refractivity contribution in [1.29, 1.82) is 0 Å². The molecule has 0 fully saturated rings. The number of hydrogen-bond acceptors (Lipinski definition) is 4. The SMILES string of the molecule is CCCC(CCO)CNc1cc(Br)nc(C(C)(C)C)n1. The maximum Gasteiger partial charge on any atom is 0.137 e. The molecule has 2 N–H and O–H groups in total. The number of rotatable bonds is 7. The van der Waals surface area contributed by atoms with Crippen LogP contribution >= 0.6 is 15.9 Å². The second kappa shape index (κ2) is 7.93. The number of aromatic nitrogens is 2. The van der Waals surface area contributed by atoms with E-state index in [4.69, 9.17) is 5.11 Å². The second-order valence-electron chi connectivity index (χ2n) is 6.20. The average Bonchev–Trinajstić information content (AvgIpc) is 2.35. The van der Waals surface area contributed by atoms with Gasteiger partial charge in [0.25, 0.3) is 0 Å². The van der Waals surface area contributed by atoms with Crippen LogP contribution in [0.3, 0.4) is 0 Å². The van der Waals surface area contributed by atoms with Gasteiger partial charge in [-0.25, -0.2) is 9.97 Å². The molecule has 1 heterocycles. The topological polar surface area (TPSA) is 58.0 Å². The Bertz CT molecular complexity index is 412. The molecule has 1 aromatic rings.